The molecular formula is C31H42N8O8S. The van der Waals surface area contributed by atoms with Crippen LogP contribution in [0.1, 0.15) is 52.4 Å². The summed E-state index contributed by atoms with van der Waals surface area (Å²) in [5, 5.41) is 17.4. The molecule has 0 aliphatic carbocycles. The van der Waals surface area contributed by atoms with Crippen LogP contribution in [0.4, 0.5) is 4.79 Å². The van der Waals surface area contributed by atoms with Crippen molar-refractivity contribution in [2.75, 3.05) is 18.9 Å². The second-order valence-electron chi connectivity index (χ2n) is 11.5. The lowest BCUT2D eigenvalue weighted by molar-refractivity contribution is -0.139. The van der Waals surface area contributed by atoms with E-state index in [1.165, 1.54) is 9.13 Å². The number of aryl methyl sites for hydroxylation is 1. The Bertz CT molecular complexity index is 1730. The summed E-state index contributed by atoms with van der Waals surface area (Å²) in [5.74, 6) is 0.0879. The molecule has 5 rings (SSSR count). The number of unbranched alkanes of at least 4 members (excludes halogenated alkanes) is 1. The minimum Gasteiger partial charge on any atom is -0.482 e. The minimum absolute atomic E-state index is 0.0730. The molecule has 2 aliphatic heterocycles. The molecule has 3 atom stereocenters. The number of carboxylic acid groups (broad SMARTS) is 1. The summed E-state index contributed by atoms with van der Waals surface area (Å²) in [6.07, 6.45) is 4.50. The number of aromatic nitrogens is 4. The highest BCUT2D eigenvalue weighted by molar-refractivity contribution is 8.00. The molecule has 17 heteroatoms. The topological polar surface area (TPSA) is 233 Å². The van der Waals surface area contributed by atoms with Crippen LogP contribution in [-0.2, 0) is 27.5 Å². The van der Waals surface area contributed by atoms with Gasteiger partial charge in [0.2, 0.25) is 11.8 Å². The zero-order chi connectivity index (χ0) is 34.8. The molecule has 0 radical (unpaired) electrons. The van der Waals surface area contributed by atoms with E-state index in [1.54, 1.807) is 24.3 Å². The number of hydrogen-bond donors (Lipinski definition) is 6. The lowest BCUT2D eigenvalue weighted by atomic mass is 10.0. The molecular weight excluding hydrogens is 644 g/mol. The maximum Gasteiger partial charge on any atom is 0.341 e. The molecule has 4 heterocycles. The number of amides is 4. The average molecular weight is 687 g/mol. The first kappa shape index (κ1) is 36.0. The number of imidazole rings is 1. The number of H-pyrrole nitrogens is 1. The first-order valence-corrected chi connectivity index (χ1v) is 17.0. The van der Waals surface area contributed by atoms with E-state index in [-0.39, 0.29) is 41.8 Å². The number of nitrogens with two attached hydrogens (primary N) is 1. The molecule has 16 nitrogen and oxygen atoms in total. The Morgan fingerprint density at radius 2 is 1.77 bits per heavy atom. The number of ether oxygens (including phenoxy) is 1. The summed E-state index contributed by atoms with van der Waals surface area (Å²) < 4.78 is 7.88. The number of carboxylic acids is 1. The fourth-order valence-corrected chi connectivity index (χ4v) is 7.10. The van der Waals surface area contributed by atoms with Crippen molar-refractivity contribution < 1.29 is 29.0 Å². The Morgan fingerprint density at radius 3 is 2.44 bits per heavy atom. The van der Waals surface area contributed by atoms with E-state index in [0.717, 1.165) is 31.4 Å². The number of thioether (sulfide) groups is 1. The van der Waals surface area contributed by atoms with Crippen molar-refractivity contribution in [3.05, 3.63) is 45.1 Å². The van der Waals surface area contributed by atoms with E-state index in [9.17, 15) is 28.8 Å². The number of aliphatic carboxylic acids is 1. The molecule has 0 unspecified atom stereocenters. The number of benzene rings is 1. The van der Waals surface area contributed by atoms with Gasteiger partial charge < -0.3 is 36.5 Å². The van der Waals surface area contributed by atoms with Crippen molar-refractivity contribution in [2.45, 2.75) is 82.8 Å². The predicted molar refractivity (Wildman–Crippen MR) is 180 cm³/mol. The normalized spacial score (nSPS) is 18.0. The van der Waals surface area contributed by atoms with Crippen LogP contribution in [0.2, 0.25) is 0 Å². The Labute approximate surface area is 280 Å². The monoisotopic (exact) mass is 686 g/mol. The molecule has 2 saturated heterocycles. The number of nitrogens with one attached hydrogen (secondary N) is 4. The third-order valence-corrected chi connectivity index (χ3v) is 9.29. The molecule has 2 aromatic heterocycles. The number of urea groups is 1. The van der Waals surface area contributed by atoms with Gasteiger partial charge in [-0.1, -0.05) is 20.3 Å². The largest absolute Gasteiger partial charge is 0.482 e. The van der Waals surface area contributed by atoms with Crippen LogP contribution in [0.25, 0.3) is 22.6 Å². The number of carbonyl (C=O) groups excluding carboxylic acids is 3. The standard InChI is InChI=1S/C19H22N4O5.C12H20N4O3S/c1-3-9-22-17-15(18(26)23(10-4-2)19(22)27)20-16(21-17)12-5-7-13(8-6-12)28-11-14(24)25;13-9(17)5-14-10(18)4-2-1-3-8-11-7(6-20-8)15-12(19)16-11/h5-8H,3-4,9-11H2,1-2H3,(H,20,21)(H,24,25);7-8,11H,1-6H2,(H2,13,17)(H,14,18)(H2,15,16,19)/t;7-,8-,11-/m.0/s1. The molecule has 0 bridgehead atoms. The molecule has 2 aliphatic rings. The number of aromatic amines is 1. The second-order valence-corrected chi connectivity index (χ2v) is 12.8. The van der Waals surface area contributed by atoms with Crippen LogP contribution < -0.4 is 37.7 Å². The van der Waals surface area contributed by atoms with Gasteiger partial charge in [-0.15, -0.1) is 0 Å². The highest BCUT2D eigenvalue weighted by Crippen LogP contribution is 2.33. The molecule has 48 heavy (non-hydrogen) atoms. The third-order valence-electron chi connectivity index (χ3n) is 7.79. The van der Waals surface area contributed by atoms with E-state index in [0.29, 0.717) is 59.5 Å². The molecule has 3 aromatic rings. The first-order chi connectivity index (χ1) is 23.0. The van der Waals surface area contributed by atoms with Gasteiger partial charge in [0.25, 0.3) is 5.56 Å². The fourth-order valence-electron chi connectivity index (χ4n) is 5.55. The van der Waals surface area contributed by atoms with Crippen LogP contribution in [-0.4, -0.2) is 84.3 Å². The Hall–Kier alpha value is -4.80. The van der Waals surface area contributed by atoms with Crippen molar-refractivity contribution in [1.29, 1.82) is 0 Å². The second kappa shape index (κ2) is 16.9. The molecule has 260 valence electrons. The van der Waals surface area contributed by atoms with Crippen molar-refractivity contribution >= 4 is 46.7 Å². The molecule has 0 spiro atoms. The van der Waals surface area contributed by atoms with E-state index in [4.69, 9.17) is 15.6 Å². The number of primary amides is 1. The minimum atomic E-state index is -1.06. The Kier molecular flexibility index (Phi) is 12.7. The van der Waals surface area contributed by atoms with Gasteiger partial charge >= 0.3 is 17.7 Å². The van der Waals surface area contributed by atoms with Gasteiger partial charge in [0.15, 0.2) is 12.3 Å². The molecule has 4 amide bonds. The molecule has 1 aromatic carbocycles. The van der Waals surface area contributed by atoms with Crippen molar-refractivity contribution in [3.8, 4) is 17.1 Å². The number of carbonyl (C=O) groups is 4. The number of fused-ring (bicyclic) bond motifs is 2. The molecule has 0 saturated carbocycles. The summed E-state index contributed by atoms with van der Waals surface area (Å²) in [6.45, 7) is 4.15. The average Bonchev–Trinajstić information content (AvgIpc) is 3.77. The Balaban J connectivity index is 0.000000229. The van der Waals surface area contributed by atoms with Crippen LogP contribution >= 0.6 is 11.8 Å². The Morgan fingerprint density at radius 1 is 1.06 bits per heavy atom. The van der Waals surface area contributed by atoms with Gasteiger partial charge in [-0.25, -0.2) is 19.4 Å². The summed E-state index contributed by atoms with van der Waals surface area (Å²) >= 11 is 1.87. The van der Waals surface area contributed by atoms with E-state index >= 15 is 0 Å². The number of nitrogens with zero attached hydrogens (tertiary/aromatic N) is 3. The van der Waals surface area contributed by atoms with Gasteiger partial charge in [-0.05, 0) is 49.9 Å². The van der Waals surface area contributed by atoms with Gasteiger partial charge in [0.1, 0.15) is 17.1 Å². The SMILES string of the molecule is CCCn1c(=O)c2[nH]c(-c3ccc(OCC(=O)O)cc3)nc2n(CCC)c1=O.NC(=O)CNC(=O)CCCC[C@@H]1SC[C@@H]2NC(=O)N[C@@H]21. The van der Waals surface area contributed by atoms with Crippen LogP contribution in [0.15, 0.2) is 33.9 Å². The lowest BCUT2D eigenvalue weighted by Gasteiger charge is -2.16. The van der Waals surface area contributed by atoms with E-state index < -0.39 is 18.5 Å². The highest BCUT2D eigenvalue weighted by atomic mass is 32.2. The zero-order valence-corrected chi connectivity index (χ0v) is 27.8. The summed E-state index contributed by atoms with van der Waals surface area (Å²) in [4.78, 5) is 76.7. The molecule has 7 N–H and O–H groups in total. The number of hydrogen-bond acceptors (Lipinski definition) is 9. The van der Waals surface area contributed by atoms with Crippen LogP contribution in [0, 0.1) is 0 Å². The van der Waals surface area contributed by atoms with E-state index in [1.807, 2.05) is 25.6 Å². The van der Waals surface area contributed by atoms with Crippen molar-refractivity contribution in [1.82, 2.24) is 35.1 Å². The predicted octanol–water partition coefficient (Wildman–Crippen LogP) is 1.15. The summed E-state index contributed by atoms with van der Waals surface area (Å²) in [7, 11) is 0. The zero-order valence-electron chi connectivity index (χ0n) is 27.0. The third kappa shape index (κ3) is 9.17. The summed E-state index contributed by atoms with van der Waals surface area (Å²) in [6, 6.07) is 7.06. The quantitative estimate of drug-likeness (QED) is 0.0986. The maximum absolute atomic E-state index is 12.7. The summed E-state index contributed by atoms with van der Waals surface area (Å²) in [5.41, 5.74) is 5.53. The van der Waals surface area contributed by atoms with Gasteiger partial charge in [0.05, 0.1) is 18.6 Å². The van der Waals surface area contributed by atoms with Gasteiger partial charge in [-0.3, -0.25) is 23.5 Å². The van der Waals surface area contributed by atoms with Gasteiger partial charge in [-0.2, -0.15) is 11.8 Å². The van der Waals surface area contributed by atoms with E-state index in [2.05, 4.69) is 25.9 Å². The van der Waals surface area contributed by atoms with Crippen molar-refractivity contribution in [2.24, 2.45) is 5.73 Å². The molecule has 2 fully saturated rings. The fraction of sp³-hybridized carbons (Fsp3) is 0.516. The number of rotatable bonds is 15. The van der Waals surface area contributed by atoms with Crippen LogP contribution in [0.5, 0.6) is 5.75 Å². The van der Waals surface area contributed by atoms with Gasteiger partial charge in [0, 0.05) is 36.1 Å². The smallest absolute Gasteiger partial charge is 0.341 e. The van der Waals surface area contributed by atoms with Crippen molar-refractivity contribution in [3.63, 3.8) is 0 Å². The maximum atomic E-state index is 12.7. The van der Waals surface area contributed by atoms with Crippen LogP contribution in [0.3, 0.4) is 0 Å². The highest BCUT2D eigenvalue weighted by Gasteiger charge is 2.42. The first-order valence-electron chi connectivity index (χ1n) is 15.9. The lowest BCUT2D eigenvalue weighted by Crippen LogP contribution is -2.40.